The lowest BCUT2D eigenvalue weighted by atomic mass is 9.98. The van der Waals surface area contributed by atoms with E-state index in [9.17, 15) is 14.7 Å². The van der Waals surface area contributed by atoms with Crippen molar-refractivity contribution in [1.82, 2.24) is 4.90 Å². The first-order valence-electron chi connectivity index (χ1n) is 13.9. The number of benzene rings is 2. The van der Waals surface area contributed by atoms with Gasteiger partial charge in [0.1, 0.15) is 0 Å². The van der Waals surface area contributed by atoms with E-state index in [4.69, 9.17) is 23.7 Å². The highest BCUT2D eigenvalue weighted by atomic mass is 16.7. The summed E-state index contributed by atoms with van der Waals surface area (Å²) in [5, 5.41) is 12.3. The molecule has 3 heterocycles. The number of carbonyl (C=O) groups excluding carboxylic acids is 2. The minimum absolute atomic E-state index is 0.0152. The molecule has 0 saturated carbocycles. The van der Waals surface area contributed by atoms with E-state index >= 15 is 0 Å². The number of ether oxygens (including phenoxy) is 5. The minimum atomic E-state index is -0.914. The lowest BCUT2D eigenvalue weighted by Crippen LogP contribution is -2.48. The van der Waals surface area contributed by atoms with E-state index in [2.05, 4.69) is 10.2 Å². The molecule has 0 bridgehead atoms. The molecule has 5 rings (SSSR count). The van der Waals surface area contributed by atoms with Crippen LogP contribution in [0.1, 0.15) is 62.2 Å². The predicted octanol–water partition coefficient (Wildman–Crippen LogP) is 3.45. The number of carbonyl (C=O) groups is 2. The summed E-state index contributed by atoms with van der Waals surface area (Å²) >= 11 is 0. The molecule has 2 aromatic rings. The van der Waals surface area contributed by atoms with Gasteiger partial charge in [-0.1, -0.05) is 36.4 Å². The molecule has 4 atom stereocenters. The fraction of sp³-hybridized carbons (Fsp3) is 0.533. The van der Waals surface area contributed by atoms with Gasteiger partial charge in [0.25, 0.3) is 5.91 Å². The second kappa shape index (κ2) is 12.8. The number of piperidine rings is 1. The zero-order valence-corrected chi connectivity index (χ0v) is 23.0. The molecule has 3 saturated heterocycles. The number of hydrogen-bond acceptors (Lipinski definition) is 9. The number of aliphatic hydroxyl groups is 1. The first-order chi connectivity index (χ1) is 19.3. The number of nitrogens with one attached hydrogen (secondary N) is 1. The molecule has 1 spiro atoms. The third-order valence-corrected chi connectivity index (χ3v) is 7.65. The largest absolute Gasteiger partial charge is 0.453 e. The number of rotatable bonds is 8. The Balaban J connectivity index is 1.30. The minimum Gasteiger partial charge on any atom is -0.453 e. The van der Waals surface area contributed by atoms with Crippen LogP contribution < -0.4 is 5.32 Å². The smallest absolute Gasteiger partial charge is 0.303 e. The number of aliphatic hydroxyl groups excluding tert-OH is 1. The van der Waals surface area contributed by atoms with Crippen molar-refractivity contribution >= 4 is 17.6 Å². The predicted molar refractivity (Wildman–Crippen MR) is 145 cm³/mol. The first kappa shape index (κ1) is 28.7. The van der Waals surface area contributed by atoms with E-state index in [0.717, 1.165) is 49.2 Å². The van der Waals surface area contributed by atoms with E-state index < -0.39 is 30.1 Å². The average Bonchev–Trinajstić information content (AvgIpc) is 3.42. The number of amides is 1. The van der Waals surface area contributed by atoms with Gasteiger partial charge < -0.3 is 39.0 Å². The maximum atomic E-state index is 12.5. The first-order valence-corrected chi connectivity index (χ1v) is 13.9. The molecule has 0 radical (unpaired) electrons. The van der Waals surface area contributed by atoms with E-state index in [1.165, 1.54) is 13.8 Å². The quantitative estimate of drug-likeness (QED) is 0.474. The third kappa shape index (κ3) is 7.06. The molecule has 3 aliphatic rings. The van der Waals surface area contributed by atoms with Gasteiger partial charge in [-0.25, -0.2) is 0 Å². The van der Waals surface area contributed by atoms with Crippen molar-refractivity contribution in [1.29, 1.82) is 0 Å². The van der Waals surface area contributed by atoms with Gasteiger partial charge in [-0.3, -0.25) is 9.59 Å². The summed E-state index contributed by atoms with van der Waals surface area (Å²) in [5.41, 5.74) is 3.18. The Morgan fingerprint density at radius 1 is 1.07 bits per heavy atom. The van der Waals surface area contributed by atoms with Crippen LogP contribution >= 0.6 is 0 Å². The SMILES string of the molecule is CC(=O)O[C@@H](C)C(=O)Nc1cccc(C2O[C@H](CN3CCC4(CC3)OCCO4)C[C@H](c3ccc(CO)cc3)O2)c1. The van der Waals surface area contributed by atoms with E-state index in [0.29, 0.717) is 25.3 Å². The fourth-order valence-corrected chi connectivity index (χ4v) is 5.49. The molecule has 1 amide bonds. The molecule has 2 N–H and O–H groups in total. The molecular formula is C30H38N2O8. The molecule has 3 fully saturated rings. The molecule has 10 heteroatoms. The van der Waals surface area contributed by atoms with Gasteiger partial charge in [-0.05, 0) is 30.2 Å². The zero-order chi connectivity index (χ0) is 28.1. The molecule has 1 unspecified atom stereocenters. The van der Waals surface area contributed by atoms with Crippen LogP contribution in [0.3, 0.4) is 0 Å². The van der Waals surface area contributed by atoms with Crippen LogP contribution in [-0.4, -0.2) is 72.7 Å². The third-order valence-electron chi connectivity index (χ3n) is 7.65. The Hall–Kier alpha value is -2.86. The molecule has 3 aliphatic heterocycles. The lowest BCUT2D eigenvalue weighted by molar-refractivity contribution is -0.255. The van der Waals surface area contributed by atoms with Crippen LogP contribution in [0, 0.1) is 0 Å². The standard InChI is InChI=1S/C30H38N2O8/c1-20(38-21(2)34)28(35)31-25-5-3-4-24(16-25)29-39-26(17-27(40-29)23-8-6-22(19-33)7-9-23)18-32-12-10-30(11-13-32)36-14-15-37-30/h3-9,16,20,26-27,29,33H,10-15,17-19H2,1-2H3,(H,31,35)/t20-,26-,27+,29?/m0/s1. The molecule has 40 heavy (non-hydrogen) atoms. The average molecular weight is 555 g/mol. The van der Waals surface area contributed by atoms with Crippen molar-refractivity contribution in [2.45, 2.75) is 70.1 Å². The summed E-state index contributed by atoms with van der Waals surface area (Å²) in [5.74, 6) is -1.36. The zero-order valence-electron chi connectivity index (χ0n) is 23.0. The molecule has 2 aromatic carbocycles. The van der Waals surface area contributed by atoms with Crippen LogP contribution in [0.4, 0.5) is 5.69 Å². The van der Waals surface area contributed by atoms with Crippen molar-refractivity contribution in [3.8, 4) is 0 Å². The molecule has 0 aliphatic carbocycles. The summed E-state index contributed by atoms with van der Waals surface area (Å²) in [6, 6.07) is 15.1. The maximum Gasteiger partial charge on any atom is 0.303 e. The number of esters is 1. The number of likely N-dealkylation sites (tertiary alicyclic amines) is 1. The highest BCUT2D eigenvalue weighted by Gasteiger charge is 2.41. The van der Waals surface area contributed by atoms with Gasteiger partial charge in [0, 0.05) is 57.1 Å². The number of anilines is 1. The summed E-state index contributed by atoms with van der Waals surface area (Å²) in [6.07, 6.45) is 0.474. The van der Waals surface area contributed by atoms with E-state index in [-0.39, 0.29) is 18.8 Å². The van der Waals surface area contributed by atoms with Crippen molar-refractivity contribution in [3.63, 3.8) is 0 Å². The number of hydrogen-bond donors (Lipinski definition) is 2. The molecule has 0 aromatic heterocycles. The van der Waals surface area contributed by atoms with Gasteiger partial charge in [0.05, 0.1) is 32.0 Å². The summed E-state index contributed by atoms with van der Waals surface area (Å²) in [7, 11) is 0. The maximum absolute atomic E-state index is 12.5. The molecule has 216 valence electrons. The summed E-state index contributed by atoms with van der Waals surface area (Å²) in [6.45, 7) is 6.57. The summed E-state index contributed by atoms with van der Waals surface area (Å²) < 4.78 is 29.7. The molecular weight excluding hydrogens is 516 g/mol. The van der Waals surface area contributed by atoms with Crippen LogP contribution in [0.15, 0.2) is 48.5 Å². The van der Waals surface area contributed by atoms with Crippen molar-refractivity contribution in [2.24, 2.45) is 0 Å². The van der Waals surface area contributed by atoms with Gasteiger partial charge in [-0.2, -0.15) is 0 Å². The second-order valence-electron chi connectivity index (χ2n) is 10.6. The Kier molecular flexibility index (Phi) is 9.14. The van der Waals surface area contributed by atoms with Crippen molar-refractivity contribution < 1.29 is 38.4 Å². The van der Waals surface area contributed by atoms with Crippen LogP contribution in [0.25, 0.3) is 0 Å². The molecule has 10 nitrogen and oxygen atoms in total. The highest BCUT2D eigenvalue weighted by Crippen LogP contribution is 2.39. The van der Waals surface area contributed by atoms with Gasteiger partial charge in [-0.15, -0.1) is 0 Å². The lowest BCUT2D eigenvalue weighted by Gasteiger charge is -2.41. The topological polar surface area (TPSA) is 116 Å². The van der Waals surface area contributed by atoms with Crippen LogP contribution in [0.5, 0.6) is 0 Å². The van der Waals surface area contributed by atoms with Crippen LogP contribution in [-0.2, 0) is 39.9 Å². The normalized spacial score (nSPS) is 25.4. The Bertz CT molecular complexity index is 1160. The van der Waals surface area contributed by atoms with E-state index in [1.54, 1.807) is 6.07 Å². The van der Waals surface area contributed by atoms with Crippen molar-refractivity contribution in [3.05, 3.63) is 65.2 Å². The van der Waals surface area contributed by atoms with Crippen LogP contribution in [0.2, 0.25) is 0 Å². The van der Waals surface area contributed by atoms with Gasteiger partial charge in [0.15, 0.2) is 18.2 Å². The van der Waals surface area contributed by atoms with Crippen molar-refractivity contribution in [2.75, 3.05) is 38.2 Å². The van der Waals surface area contributed by atoms with Gasteiger partial charge >= 0.3 is 5.97 Å². The summed E-state index contributed by atoms with van der Waals surface area (Å²) in [4.78, 5) is 26.1. The monoisotopic (exact) mass is 554 g/mol. The second-order valence-corrected chi connectivity index (χ2v) is 10.6. The van der Waals surface area contributed by atoms with E-state index in [1.807, 2.05) is 42.5 Å². The Morgan fingerprint density at radius 2 is 1.80 bits per heavy atom. The van der Waals surface area contributed by atoms with Gasteiger partial charge in [0.2, 0.25) is 0 Å². The Morgan fingerprint density at radius 3 is 2.48 bits per heavy atom. The fourth-order valence-electron chi connectivity index (χ4n) is 5.49. The highest BCUT2D eigenvalue weighted by molar-refractivity contribution is 5.95. The number of nitrogens with zero attached hydrogens (tertiary/aromatic N) is 1. The Labute approximate surface area is 234 Å².